The number of hydrogen-bond donors (Lipinski definition) is 0. The molecule has 0 N–H and O–H groups in total. The second-order valence-electron chi connectivity index (χ2n) is 6.93. The van der Waals surface area contributed by atoms with Crippen LogP contribution in [0.5, 0.6) is 0 Å². The van der Waals surface area contributed by atoms with Gasteiger partial charge in [-0.15, -0.1) is 0 Å². The number of alkyl halides is 3. The van der Waals surface area contributed by atoms with Crippen molar-refractivity contribution < 1.29 is 21.6 Å². The Balaban J connectivity index is 2.28. The van der Waals surface area contributed by atoms with E-state index in [1.165, 1.54) is 13.0 Å². The largest absolute Gasteiger partial charge is 0.416 e. The van der Waals surface area contributed by atoms with Crippen LogP contribution >= 0.6 is 11.6 Å². The van der Waals surface area contributed by atoms with Gasteiger partial charge in [0.25, 0.3) is 0 Å². The highest BCUT2D eigenvalue weighted by molar-refractivity contribution is 7.91. The predicted molar refractivity (Wildman–Crippen MR) is 107 cm³/mol. The molecule has 1 heterocycles. The summed E-state index contributed by atoms with van der Waals surface area (Å²) in [5.74, 6) is 0.108. The van der Waals surface area contributed by atoms with E-state index in [9.17, 15) is 21.6 Å². The minimum atomic E-state index is -4.51. The molecule has 0 saturated carbocycles. The molecule has 0 atom stereocenters. The second kappa shape index (κ2) is 7.65. The summed E-state index contributed by atoms with van der Waals surface area (Å²) in [4.78, 5) is 4.34. The van der Waals surface area contributed by atoms with Crippen LogP contribution in [0.2, 0.25) is 5.02 Å². The van der Waals surface area contributed by atoms with Crippen LogP contribution in [-0.4, -0.2) is 29.9 Å². The van der Waals surface area contributed by atoms with Crippen LogP contribution in [0.3, 0.4) is 0 Å². The van der Waals surface area contributed by atoms with Gasteiger partial charge in [0.15, 0.2) is 9.84 Å². The van der Waals surface area contributed by atoms with Crippen LogP contribution in [0.4, 0.5) is 13.2 Å². The molecule has 0 bridgehead atoms. The highest BCUT2D eigenvalue weighted by atomic mass is 35.5. The van der Waals surface area contributed by atoms with Crippen molar-refractivity contribution in [3.05, 3.63) is 51.8 Å². The average molecular weight is 445 g/mol. The van der Waals surface area contributed by atoms with E-state index in [1.807, 2.05) is 0 Å². The number of rotatable bonds is 3. The Morgan fingerprint density at radius 3 is 2.52 bits per heavy atom. The third kappa shape index (κ3) is 4.14. The second-order valence-corrected chi connectivity index (χ2v) is 9.56. The zero-order valence-corrected chi connectivity index (χ0v) is 17.7. The normalized spacial score (nSPS) is 15.3. The van der Waals surface area contributed by atoms with Crippen molar-refractivity contribution in [3.63, 3.8) is 0 Å². The minimum absolute atomic E-state index is 0.0560. The summed E-state index contributed by atoms with van der Waals surface area (Å²) in [6.07, 6.45) is -1.45. The molecule has 4 nitrogen and oxygen atoms in total. The molecule has 1 aliphatic rings. The van der Waals surface area contributed by atoms with E-state index in [-0.39, 0.29) is 32.8 Å². The minimum Gasteiger partial charge on any atom is -0.330 e. The Morgan fingerprint density at radius 1 is 1.21 bits per heavy atom. The van der Waals surface area contributed by atoms with E-state index in [0.717, 1.165) is 12.2 Å². The Labute approximate surface area is 172 Å². The summed E-state index contributed by atoms with van der Waals surface area (Å²) in [6.45, 7) is 3.16. The van der Waals surface area contributed by atoms with E-state index < -0.39 is 21.6 Å². The summed E-state index contributed by atoms with van der Waals surface area (Å²) in [5.41, 5.74) is 0.889. The number of aromatic nitrogens is 2. The zero-order chi connectivity index (χ0) is 21.6. The molecule has 0 fully saturated rings. The number of sulfone groups is 1. The van der Waals surface area contributed by atoms with Gasteiger partial charge in [-0.3, -0.25) is 0 Å². The number of allylic oxidation sites excluding steroid dienone is 3. The van der Waals surface area contributed by atoms with Crippen LogP contribution < -0.4 is 0 Å². The van der Waals surface area contributed by atoms with Crippen LogP contribution in [0.1, 0.15) is 31.7 Å². The van der Waals surface area contributed by atoms with Crippen molar-refractivity contribution in [2.24, 2.45) is 7.05 Å². The first-order valence-corrected chi connectivity index (χ1v) is 11.0. The molecule has 0 unspecified atom stereocenters. The molecule has 0 saturated heterocycles. The van der Waals surface area contributed by atoms with Crippen molar-refractivity contribution in [2.45, 2.75) is 37.8 Å². The molecule has 9 heteroatoms. The third-order valence-electron chi connectivity index (χ3n) is 4.92. The lowest BCUT2D eigenvalue weighted by molar-refractivity contribution is -0.0874. The van der Waals surface area contributed by atoms with Gasteiger partial charge in [-0.1, -0.05) is 36.2 Å². The summed E-state index contributed by atoms with van der Waals surface area (Å²) in [7, 11) is -2.00. The first kappa shape index (κ1) is 21.6. The first-order valence-electron chi connectivity index (χ1n) is 8.99. The fourth-order valence-corrected chi connectivity index (χ4v) is 5.03. The molecule has 0 radical (unpaired) electrons. The summed E-state index contributed by atoms with van der Waals surface area (Å²) >= 11 is 6.19. The first-order chi connectivity index (χ1) is 13.5. The quantitative estimate of drug-likeness (QED) is 0.639. The van der Waals surface area contributed by atoms with Crippen molar-refractivity contribution >= 4 is 27.5 Å². The maximum absolute atomic E-state index is 13.4. The smallest absolute Gasteiger partial charge is 0.330 e. The number of benzene rings is 1. The number of fused-ring (bicyclic) bond motifs is 1. The Morgan fingerprint density at radius 2 is 1.90 bits per heavy atom. The highest BCUT2D eigenvalue weighted by Crippen LogP contribution is 2.37. The molecule has 3 rings (SSSR count). The number of hydrogen-bond acceptors (Lipinski definition) is 3. The van der Waals surface area contributed by atoms with Crippen molar-refractivity contribution in [1.29, 1.82) is 0 Å². The Bertz CT molecular complexity index is 1130. The molecule has 156 valence electrons. The van der Waals surface area contributed by atoms with Gasteiger partial charge >= 0.3 is 6.18 Å². The van der Waals surface area contributed by atoms with Gasteiger partial charge in [-0.05, 0) is 38.0 Å². The van der Waals surface area contributed by atoms with Gasteiger partial charge in [-0.25, -0.2) is 13.4 Å². The highest BCUT2D eigenvalue weighted by Gasteiger charge is 2.34. The van der Waals surface area contributed by atoms with E-state index in [0.29, 0.717) is 24.1 Å². The van der Waals surface area contributed by atoms with Crippen molar-refractivity contribution in [2.75, 3.05) is 5.75 Å². The lowest BCUT2D eigenvalue weighted by Gasteiger charge is -2.14. The molecule has 0 spiro atoms. The molecule has 1 aliphatic carbocycles. The molecule has 0 aliphatic heterocycles. The van der Waals surface area contributed by atoms with Crippen molar-refractivity contribution in [1.82, 2.24) is 9.55 Å². The zero-order valence-electron chi connectivity index (χ0n) is 16.1. The van der Waals surface area contributed by atoms with Crippen LogP contribution in [-0.2, 0) is 23.3 Å². The number of imidazole rings is 1. The van der Waals surface area contributed by atoms with Gasteiger partial charge in [0.05, 0.1) is 26.9 Å². The van der Waals surface area contributed by atoms with Gasteiger partial charge in [0, 0.05) is 18.3 Å². The SMILES string of the molecule is CCS(=O)(=O)c1c(Cl)cccc1-c1nc2c(n1C)CCC(C)=CC(C(F)(F)F)=C2. The summed E-state index contributed by atoms with van der Waals surface area (Å²) < 4.78 is 67.2. The average Bonchev–Trinajstić information content (AvgIpc) is 2.91. The predicted octanol–water partition coefficient (Wildman–Crippen LogP) is 5.37. The fourth-order valence-electron chi connectivity index (χ4n) is 3.36. The standard InChI is InChI=1S/C20H20ClF3N2O2S/c1-4-29(27,28)18-14(6-5-7-15(18)21)19-25-16-11-13(20(22,23)24)10-12(2)8-9-17(16)26(19)3/h5-7,10-11H,4,8-9H2,1-3H3. The molecule has 2 aromatic rings. The van der Waals surface area contributed by atoms with Crippen LogP contribution in [0.25, 0.3) is 17.5 Å². The van der Waals surface area contributed by atoms with Gasteiger partial charge in [-0.2, -0.15) is 13.2 Å². The van der Waals surface area contributed by atoms with Gasteiger partial charge < -0.3 is 4.57 Å². The van der Waals surface area contributed by atoms with Gasteiger partial charge in [0.2, 0.25) is 0 Å². The fraction of sp³-hybridized carbons (Fsp3) is 0.350. The molecule has 0 amide bonds. The summed E-state index contributed by atoms with van der Waals surface area (Å²) in [6, 6.07) is 4.64. The topological polar surface area (TPSA) is 52.0 Å². The van der Waals surface area contributed by atoms with E-state index >= 15 is 0 Å². The molecule has 1 aromatic carbocycles. The lowest BCUT2D eigenvalue weighted by Crippen LogP contribution is -2.12. The third-order valence-corrected chi connectivity index (χ3v) is 7.17. The van der Waals surface area contributed by atoms with E-state index in [4.69, 9.17) is 11.6 Å². The van der Waals surface area contributed by atoms with E-state index in [1.54, 1.807) is 30.7 Å². The number of halogens is 4. The molecular formula is C20H20ClF3N2O2S. The molecular weight excluding hydrogens is 425 g/mol. The lowest BCUT2D eigenvalue weighted by atomic mass is 10.0. The monoisotopic (exact) mass is 444 g/mol. The molecule has 1 aromatic heterocycles. The van der Waals surface area contributed by atoms with Crippen LogP contribution in [0.15, 0.2) is 40.3 Å². The summed E-state index contributed by atoms with van der Waals surface area (Å²) in [5, 5.41) is 0.0591. The maximum Gasteiger partial charge on any atom is 0.416 e. The maximum atomic E-state index is 13.4. The van der Waals surface area contributed by atoms with Crippen LogP contribution in [0, 0.1) is 0 Å². The Hall–Kier alpha value is -2.06. The Kier molecular flexibility index (Phi) is 5.71. The van der Waals surface area contributed by atoms with E-state index in [2.05, 4.69) is 4.98 Å². The molecule has 29 heavy (non-hydrogen) atoms. The van der Waals surface area contributed by atoms with Crippen molar-refractivity contribution in [3.8, 4) is 11.4 Å². The van der Waals surface area contributed by atoms with Gasteiger partial charge in [0.1, 0.15) is 5.82 Å². The number of nitrogens with zero attached hydrogens (tertiary/aromatic N) is 2.